The summed E-state index contributed by atoms with van der Waals surface area (Å²) in [5.41, 5.74) is 3.60. The molecule has 0 unspecified atom stereocenters. The summed E-state index contributed by atoms with van der Waals surface area (Å²) in [6.45, 7) is 2.06. The van der Waals surface area contributed by atoms with Gasteiger partial charge in [-0.2, -0.15) is 5.10 Å². The Labute approximate surface area is 139 Å². The van der Waals surface area contributed by atoms with Gasteiger partial charge in [0.2, 0.25) is 0 Å². The Kier molecular flexibility index (Phi) is 4.17. The Morgan fingerprint density at radius 2 is 1.83 bits per heavy atom. The van der Waals surface area contributed by atoms with E-state index in [1.54, 1.807) is 30.7 Å². The van der Waals surface area contributed by atoms with E-state index in [2.05, 4.69) is 18.1 Å². The van der Waals surface area contributed by atoms with Gasteiger partial charge >= 0.3 is 0 Å². The van der Waals surface area contributed by atoms with Gasteiger partial charge in [0.1, 0.15) is 11.5 Å². The van der Waals surface area contributed by atoms with Crippen molar-refractivity contribution in [2.75, 3.05) is 20.5 Å². The molecule has 5 nitrogen and oxygen atoms in total. The van der Waals surface area contributed by atoms with Crippen LogP contribution >= 0.6 is 11.8 Å². The average molecular weight is 329 g/mol. The Hall–Kier alpha value is -2.21. The molecule has 23 heavy (non-hydrogen) atoms. The molecule has 0 saturated carbocycles. The Bertz CT molecular complexity index is 874. The first-order valence-electron chi connectivity index (χ1n) is 7.18. The van der Waals surface area contributed by atoms with Gasteiger partial charge in [0.05, 0.1) is 24.8 Å². The van der Waals surface area contributed by atoms with E-state index in [1.165, 1.54) is 0 Å². The number of benzene rings is 1. The second kappa shape index (κ2) is 6.12. The van der Waals surface area contributed by atoms with Crippen LogP contribution < -0.4 is 9.47 Å². The minimum Gasteiger partial charge on any atom is -0.496 e. The summed E-state index contributed by atoms with van der Waals surface area (Å²) in [4.78, 5) is 5.72. The lowest BCUT2D eigenvalue weighted by molar-refractivity contribution is 0.395. The number of hydrogen-bond acceptors (Lipinski definition) is 5. The standard InChI is InChI=1S/C17H19N3O2S/c1-10-6-13(18-17-12(10)9-20(2)19-17)11-7-15(22-4)16(23-5)8-14(11)21-3/h6-9H,1-5H3. The zero-order valence-corrected chi connectivity index (χ0v) is 14.7. The van der Waals surface area contributed by atoms with Gasteiger partial charge in [-0.25, -0.2) is 4.98 Å². The molecule has 3 rings (SSSR count). The van der Waals surface area contributed by atoms with Gasteiger partial charge in [0.25, 0.3) is 0 Å². The van der Waals surface area contributed by atoms with Gasteiger partial charge in [-0.3, -0.25) is 4.68 Å². The fourth-order valence-electron chi connectivity index (χ4n) is 2.63. The lowest BCUT2D eigenvalue weighted by Gasteiger charge is -2.14. The van der Waals surface area contributed by atoms with Crippen LogP contribution in [0.4, 0.5) is 0 Å². The highest BCUT2D eigenvalue weighted by Crippen LogP contribution is 2.39. The monoisotopic (exact) mass is 329 g/mol. The highest BCUT2D eigenvalue weighted by atomic mass is 32.2. The zero-order valence-electron chi connectivity index (χ0n) is 13.9. The van der Waals surface area contributed by atoms with E-state index in [1.807, 2.05) is 31.6 Å². The minimum absolute atomic E-state index is 0.734. The molecule has 6 heteroatoms. The second-order valence-electron chi connectivity index (χ2n) is 5.27. The van der Waals surface area contributed by atoms with Gasteiger partial charge in [0.15, 0.2) is 5.65 Å². The summed E-state index contributed by atoms with van der Waals surface area (Å²) in [6, 6.07) is 6.01. The van der Waals surface area contributed by atoms with Crippen molar-refractivity contribution in [1.29, 1.82) is 0 Å². The van der Waals surface area contributed by atoms with E-state index >= 15 is 0 Å². The molecule has 0 bridgehead atoms. The minimum atomic E-state index is 0.734. The van der Waals surface area contributed by atoms with Crippen molar-refractivity contribution < 1.29 is 9.47 Å². The predicted octanol–water partition coefficient (Wildman–Crippen LogP) is 3.68. The summed E-state index contributed by atoms with van der Waals surface area (Å²) >= 11 is 1.62. The van der Waals surface area contributed by atoms with Crippen molar-refractivity contribution in [1.82, 2.24) is 14.8 Å². The van der Waals surface area contributed by atoms with Crippen LogP contribution in [0, 0.1) is 6.92 Å². The average Bonchev–Trinajstić information content (AvgIpc) is 2.94. The number of pyridine rings is 1. The Balaban J connectivity index is 2.24. The fraction of sp³-hybridized carbons (Fsp3) is 0.294. The SMILES string of the molecule is COc1cc(-c2cc(C)c3cn(C)nc3n2)c(OC)cc1SC. The number of methoxy groups -OCH3 is 2. The number of aromatic nitrogens is 3. The topological polar surface area (TPSA) is 49.2 Å². The van der Waals surface area contributed by atoms with Crippen LogP contribution in [0.15, 0.2) is 29.3 Å². The number of thioether (sulfide) groups is 1. The van der Waals surface area contributed by atoms with Crippen LogP contribution in [0.1, 0.15) is 5.56 Å². The maximum Gasteiger partial charge on any atom is 0.181 e. The largest absolute Gasteiger partial charge is 0.496 e. The number of rotatable bonds is 4. The molecule has 0 radical (unpaired) electrons. The second-order valence-corrected chi connectivity index (χ2v) is 6.12. The van der Waals surface area contributed by atoms with E-state index < -0.39 is 0 Å². The highest BCUT2D eigenvalue weighted by Gasteiger charge is 2.15. The molecule has 2 heterocycles. The first kappa shape index (κ1) is 15.7. The summed E-state index contributed by atoms with van der Waals surface area (Å²) < 4.78 is 12.8. The van der Waals surface area contributed by atoms with Crippen LogP contribution in [0.25, 0.3) is 22.3 Å². The Morgan fingerprint density at radius 1 is 1.09 bits per heavy atom. The number of ether oxygens (including phenoxy) is 2. The van der Waals surface area contributed by atoms with Crippen LogP contribution in [0.2, 0.25) is 0 Å². The smallest absolute Gasteiger partial charge is 0.181 e. The van der Waals surface area contributed by atoms with Crippen molar-refractivity contribution in [2.24, 2.45) is 7.05 Å². The van der Waals surface area contributed by atoms with Gasteiger partial charge in [0, 0.05) is 24.2 Å². The van der Waals surface area contributed by atoms with Gasteiger partial charge in [-0.05, 0) is 36.9 Å². The van der Waals surface area contributed by atoms with Gasteiger partial charge in [-0.15, -0.1) is 11.8 Å². The van der Waals surface area contributed by atoms with E-state index in [0.717, 1.165) is 44.2 Å². The molecular formula is C17H19N3O2S. The third-order valence-corrected chi connectivity index (χ3v) is 4.55. The normalized spacial score (nSPS) is 11.0. The molecular weight excluding hydrogens is 310 g/mol. The molecule has 3 aromatic rings. The van der Waals surface area contributed by atoms with Gasteiger partial charge in [-0.1, -0.05) is 0 Å². The number of aryl methyl sites for hydroxylation is 2. The highest BCUT2D eigenvalue weighted by molar-refractivity contribution is 7.98. The van der Waals surface area contributed by atoms with Crippen LogP contribution in [0.3, 0.4) is 0 Å². The van der Waals surface area contributed by atoms with E-state index in [0.29, 0.717) is 0 Å². The molecule has 0 atom stereocenters. The maximum absolute atomic E-state index is 5.56. The number of nitrogens with zero attached hydrogens (tertiary/aromatic N) is 3. The van der Waals surface area contributed by atoms with Crippen LogP contribution in [-0.4, -0.2) is 35.2 Å². The Morgan fingerprint density at radius 3 is 2.48 bits per heavy atom. The van der Waals surface area contributed by atoms with Crippen LogP contribution in [0.5, 0.6) is 11.5 Å². The molecule has 2 aromatic heterocycles. The molecule has 0 saturated heterocycles. The summed E-state index contributed by atoms with van der Waals surface area (Å²) in [6.07, 6.45) is 4.00. The van der Waals surface area contributed by atoms with Crippen molar-refractivity contribution in [3.8, 4) is 22.8 Å². The predicted molar refractivity (Wildman–Crippen MR) is 93.6 cm³/mol. The molecule has 0 fully saturated rings. The summed E-state index contributed by atoms with van der Waals surface area (Å²) in [7, 11) is 5.24. The lowest BCUT2D eigenvalue weighted by Crippen LogP contribution is -1.95. The van der Waals surface area contributed by atoms with Crippen molar-refractivity contribution in [2.45, 2.75) is 11.8 Å². The molecule has 0 aliphatic carbocycles. The third kappa shape index (κ3) is 2.74. The molecule has 0 amide bonds. The van der Waals surface area contributed by atoms with E-state index in [9.17, 15) is 0 Å². The number of fused-ring (bicyclic) bond motifs is 1. The first-order chi connectivity index (χ1) is 11.1. The molecule has 0 aliphatic heterocycles. The lowest BCUT2D eigenvalue weighted by atomic mass is 10.1. The molecule has 0 N–H and O–H groups in total. The molecule has 120 valence electrons. The first-order valence-corrected chi connectivity index (χ1v) is 8.41. The maximum atomic E-state index is 5.56. The van der Waals surface area contributed by atoms with Crippen molar-refractivity contribution in [3.05, 3.63) is 30.0 Å². The molecule has 0 aliphatic rings. The summed E-state index contributed by atoms with van der Waals surface area (Å²) in [5.74, 6) is 1.59. The zero-order chi connectivity index (χ0) is 16.6. The number of hydrogen-bond donors (Lipinski definition) is 0. The summed E-state index contributed by atoms with van der Waals surface area (Å²) in [5, 5.41) is 5.48. The third-order valence-electron chi connectivity index (χ3n) is 3.80. The van der Waals surface area contributed by atoms with E-state index in [-0.39, 0.29) is 0 Å². The molecule has 1 aromatic carbocycles. The fourth-order valence-corrected chi connectivity index (χ4v) is 3.20. The quantitative estimate of drug-likeness (QED) is 0.683. The van der Waals surface area contributed by atoms with Crippen LogP contribution in [-0.2, 0) is 7.05 Å². The van der Waals surface area contributed by atoms with Gasteiger partial charge < -0.3 is 9.47 Å². The van der Waals surface area contributed by atoms with Crippen molar-refractivity contribution in [3.63, 3.8) is 0 Å². The van der Waals surface area contributed by atoms with E-state index in [4.69, 9.17) is 14.5 Å². The van der Waals surface area contributed by atoms with Crippen molar-refractivity contribution >= 4 is 22.8 Å². The molecule has 0 spiro atoms.